The average molecular weight is 514 g/mol. The second kappa shape index (κ2) is 9.04. The first-order chi connectivity index (χ1) is 16.8. The van der Waals surface area contributed by atoms with E-state index in [4.69, 9.17) is 0 Å². The fourth-order valence-electron chi connectivity index (χ4n) is 5.50. The monoisotopic (exact) mass is 513 g/mol. The summed E-state index contributed by atoms with van der Waals surface area (Å²) in [5, 5.41) is 29.4. The highest BCUT2D eigenvalue weighted by atomic mass is 28.3. The van der Waals surface area contributed by atoms with Crippen LogP contribution in [-0.4, -0.2) is 57.6 Å². The van der Waals surface area contributed by atoms with Crippen molar-refractivity contribution in [2.45, 2.75) is 75.9 Å². The van der Waals surface area contributed by atoms with Gasteiger partial charge in [-0.2, -0.15) is 4.68 Å². The van der Waals surface area contributed by atoms with E-state index in [9.17, 15) is 24.6 Å². The fraction of sp³-hybridized carbons (Fsp3) is 0.520. The Morgan fingerprint density at radius 2 is 1.78 bits per heavy atom. The van der Waals surface area contributed by atoms with Gasteiger partial charge in [-0.15, -0.1) is 5.10 Å². The van der Waals surface area contributed by atoms with Gasteiger partial charge in [0.2, 0.25) is 5.91 Å². The van der Waals surface area contributed by atoms with Gasteiger partial charge >= 0.3 is 12.1 Å². The Morgan fingerprint density at radius 1 is 1.14 bits per heavy atom. The van der Waals surface area contributed by atoms with Crippen molar-refractivity contribution in [3.63, 3.8) is 0 Å². The van der Waals surface area contributed by atoms with E-state index in [-0.39, 0.29) is 24.9 Å². The smallest absolute Gasteiger partial charge is 0.432 e. The van der Waals surface area contributed by atoms with Crippen LogP contribution in [-0.2, 0) is 16.9 Å². The van der Waals surface area contributed by atoms with Gasteiger partial charge in [0.15, 0.2) is 5.82 Å². The summed E-state index contributed by atoms with van der Waals surface area (Å²) in [6.45, 7) is 9.79. The summed E-state index contributed by atoms with van der Waals surface area (Å²) in [5.41, 5.74) is 0.578. The Bertz CT molecular complexity index is 1180. The number of rotatable bonds is 6. The standard InChI is InChI=1S/C25H35N5O5Si/c1-24(2)19-17(14-29(24)22(33)26-18(15-31)16-10-7-6-8-11-16)20(28-30(19)23(34)35)27-21(32)25(12-9-13-25)36(3,4)5/h6-8,10-11,18,31H,9,12-15H2,1-5H3,(H,26,33)(H,34,35)(H,27,28,32)/t18-/m1/s1. The van der Waals surface area contributed by atoms with Crippen LogP contribution in [0.5, 0.6) is 0 Å². The molecule has 10 nitrogen and oxygen atoms in total. The van der Waals surface area contributed by atoms with Crippen LogP contribution in [0.25, 0.3) is 0 Å². The second-order valence-electron chi connectivity index (χ2n) is 11.3. The number of benzene rings is 1. The summed E-state index contributed by atoms with van der Waals surface area (Å²) in [5.74, 6) is 0.0722. The molecule has 1 aromatic carbocycles. The molecule has 0 spiro atoms. The largest absolute Gasteiger partial charge is 0.463 e. The van der Waals surface area contributed by atoms with Crippen molar-refractivity contribution >= 4 is 31.9 Å². The molecule has 1 aromatic heterocycles. The van der Waals surface area contributed by atoms with E-state index in [1.807, 2.05) is 30.3 Å². The van der Waals surface area contributed by atoms with E-state index in [0.29, 0.717) is 11.3 Å². The van der Waals surface area contributed by atoms with Crippen LogP contribution in [0.1, 0.15) is 56.0 Å². The molecule has 36 heavy (non-hydrogen) atoms. The van der Waals surface area contributed by atoms with Gasteiger partial charge in [0, 0.05) is 10.6 Å². The summed E-state index contributed by atoms with van der Waals surface area (Å²) >= 11 is 0. The molecule has 3 amide bonds. The van der Waals surface area contributed by atoms with Crippen LogP contribution < -0.4 is 10.6 Å². The SMILES string of the molecule is CC1(C)c2c(c(NC(=O)C3([Si](C)(C)C)CCC3)nn2C(=O)O)CN1C(=O)N[C@H](CO)c1ccccc1. The van der Waals surface area contributed by atoms with Gasteiger partial charge in [-0.3, -0.25) is 4.79 Å². The molecule has 0 bridgehead atoms. The van der Waals surface area contributed by atoms with Gasteiger partial charge in [0.25, 0.3) is 0 Å². The number of carbonyl (C=O) groups is 3. The highest BCUT2D eigenvalue weighted by Crippen LogP contribution is 2.56. The maximum Gasteiger partial charge on any atom is 0.432 e. The Labute approximate surface area is 211 Å². The zero-order valence-electron chi connectivity index (χ0n) is 21.5. The molecule has 1 saturated carbocycles. The molecule has 1 aliphatic heterocycles. The first kappa shape index (κ1) is 25.9. The predicted molar refractivity (Wildman–Crippen MR) is 138 cm³/mol. The Hall–Kier alpha value is -3.18. The quantitative estimate of drug-likeness (QED) is 0.429. The second-order valence-corrected chi connectivity index (χ2v) is 16.7. The molecule has 1 fully saturated rings. The number of aliphatic hydroxyl groups excluding tert-OH is 1. The summed E-state index contributed by atoms with van der Waals surface area (Å²) in [4.78, 5) is 40.5. The molecule has 194 valence electrons. The molecule has 1 atom stereocenters. The van der Waals surface area contributed by atoms with Crippen molar-refractivity contribution in [1.29, 1.82) is 0 Å². The highest BCUT2D eigenvalue weighted by Gasteiger charge is 2.54. The van der Waals surface area contributed by atoms with Crippen LogP contribution in [0, 0.1) is 0 Å². The lowest BCUT2D eigenvalue weighted by Crippen LogP contribution is -2.52. The summed E-state index contributed by atoms with van der Waals surface area (Å²) in [6, 6.07) is 8.06. The lowest BCUT2D eigenvalue weighted by Gasteiger charge is -2.48. The van der Waals surface area contributed by atoms with Crippen LogP contribution in [0.4, 0.5) is 15.4 Å². The van der Waals surface area contributed by atoms with E-state index < -0.39 is 36.8 Å². The highest BCUT2D eigenvalue weighted by molar-refractivity contribution is 6.83. The molecule has 11 heteroatoms. The van der Waals surface area contributed by atoms with Crippen molar-refractivity contribution in [2.24, 2.45) is 0 Å². The maximum atomic E-state index is 13.5. The van der Waals surface area contributed by atoms with E-state index in [1.165, 1.54) is 4.90 Å². The number of aliphatic hydroxyl groups is 1. The topological polar surface area (TPSA) is 137 Å². The molecule has 0 radical (unpaired) electrons. The minimum absolute atomic E-state index is 0.0734. The zero-order valence-corrected chi connectivity index (χ0v) is 22.5. The third kappa shape index (κ3) is 4.09. The molecular weight excluding hydrogens is 478 g/mol. The Morgan fingerprint density at radius 3 is 2.28 bits per heavy atom. The van der Waals surface area contributed by atoms with E-state index >= 15 is 0 Å². The number of carbonyl (C=O) groups excluding carboxylic acids is 2. The number of nitrogens with zero attached hydrogens (tertiary/aromatic N) is 3. The summed E-state index contributed by atoms with van der Waals surface area (Å²) < 4.78 is 0.862. The third-order valence-electron chi connectivity index (χ3n) is 7.97. The number of anilines is 1. The summed E-state index contributed by atoms with van der Waals surface area (Å²) in [7, 11) is -1.86. The van der Waals surface area contributed by atoms with Crippen LogP contribution in [0.15, 0.2) is 30.3 Å². The third-order valence-corrected chi connectivity index (χ3v) is 11.6. The van der Waals surface area contributed by atoms with Gasteiger partial charge in [-0.25, -0.2) is 9.59 Å². The molecular formula is C25H35N5O5Si. The number of carboxylic acid groups (broad SMARTS) is 1. The average Bonchev–Trinajstić information content (AvgIpc) is 3.26. The number of aromatic nitrogens is 2. The Kier molecular flexibility index (Phi) is 6.50. The first-order valence-corrected chi connectivity index (χ1v) is 15.7. The molecule has 2 heterocycles. The number of amides is 3. The van der Waals surface area contributed by atoms with Crippen molar-refractivity contribution in [1.82, 2.24) is 20.0 Å². The number of urea groups is 1. The van der Waals surface area contributed by atoms with Gasteiger partial charge in [0.1, 0.15) is 0 Å². The van der Waals surface area contributed by atoms with E-state index in [0.717, 1.165) is 29.5 Å². The van der Waals surface area contributed by atoms with Crippen molar-refractivity contribution in [3.8, 4) is 0 Å². The number of hydrogen-bond donors (Lipinski definition) is 4. The van der Waals surface area contributed by atoms with Gasteiger partial charge < -0.3 is 25.7 Å². The maximum absolute atomic E-state index is 13.5. The lowest BCUT2D eigenvalue weighted by atomic mass is 9.83. The van der Waals surface area contributed by atoms with Crippen molar-refractivity contribution < 1.29 is 24.6 Å². The normalized spacial score (nSPS) is 18.7. The zero-order chi connectivity index (χ0) is 26.5. The molecule has 1 aliphatic carbocycles. The lowest BCUT2D eigenvalue weighted by molar-refractivity contribution is -0.121. The predicted octanol–water partition coefficient (Wildman–Crippen LogP) is 4.10. The minimum atomic E-state index is -1.86. The van der Waals surface area contributed by atoms with Crippen LogP contribution in [0.3, 0.4) is 0 Å². The first-order valence-electron chi connectivity index (χ1n) is 12.2. The number of nitrogens with one attached hydrogen (secondary N) is 2. The van der Waals surface area contributed by atoms with Gasteiger partial charge in [-0.05, 0) is 32.3 Å². The molecule has 2 aromatic rings. The van der Waals surface area contributed by atoms with Crippen LogP contribution in [0.2, 0.25) is 24.7 Å². The molecule has 0 unspecified atom stereocenters. The van der Waals surface area contributed by atoms with Crippen LogP contribution >= 0.6 is 0 Å². The Balaban J connectivity index is 1.64. The number of hydrogen-bond acceptors (Lipinski definition) is 5. The molecule has 0 saturated heterocycles. The molecule has 4 rings (SSSR count). The number of fused-ring (bicyclic) bond motifs is 1. The molecule has 2 aliphatic rings. The van der Waals surface area contributed by atoms with Crippen molar-refractivity contribution in [2.75, 3.05) is 11.9 Å². The van der Waals surface area contributed by atoms with Gasteiger partial charge in [0.05, 0.1) is 38.5 Å². The van der Waals surface area contributed by atoms with E-state index in [2.05, 4.69) is 35.4 Å². The van der Waals surface area contributed by atoms with Crippen molar-refractivity contribution in [3.05, 3.63) is 47.2 Å². The van der Waals surface area contributed by atoms with Gasteiger partial charge in [-0.1, -0.05) is 56.4 Å². The fourth-order valence-corrected chi connectivity index (χ4v) is 8.10. The van der Waals surface area contributed by atoms with E-state index in [1.54, 1.807) is 13.8 Å². The minimum Gasteiger partial charge on any atom is -0.463 e. The summed E-state index contributed by atoms with van der Waals surface area (Å²) in [6.07, 6.45) is 1.34. The molecule has 4 N–H and O–H groups in total.